The van der Waals surface area contributed by atoms with Crippen LogP contribution in [0.15, 0.2) is 42.5 Å². The number of non-ortho nitro benzene ring substituents is 1. The maximum atomic E-state index is 10.6. The topological polar surface area (TPSA) is 87.4 Å². The summed E-state index contributed by atoms with van der Waals surface area (Å²) in [6.07, 6.45) is -0.815. The summed E-state index contributed by atoms with van der Waals surface area (Å²) in [5.41, 5.74) is 3.72. The molecule has 6 nitrogen and oxygen atoms in total. The Hall–Kier alpha value is -2.51. The molecule has 7 heteroatoms. The minimum Gasteiger partial charge on any atom is -0.387 e. The number of nitro groups is 1. The predicted molar refractivity (Wildman–Crippen MR) is 98.2 cm³/mol. The Kier molecular flexibility index (Phi) is 5.83. The molecule has 0 aliphatic rings. The molecule has 2 aromatic carbocycles. The van der Waals surface area contributed by atoms with Gasteiger partial charge in [-0.1, -0.05) is 6.07 Å². The van der Waals surface area contributed by atoms with E-state index in [9.17, 15) is 15.2 Å². The normalized spacial score (nSPS) is 11.6. The maximum absolute atomic E-state index is 10.6. The molecule has 0 amide bonds. The zero-order chi connectivity index (χ0) is 17.7. The first-order valence-corrected chi connectivity index (χ1v) is 7.81. The van der Waals surface area contributed by atoms with Gasteiger partial charge in [-0.3, -0.25) is 10.1 Å². The molecule has 0 unspecified atom stereocenters. The number of nitro benzene ring substituents is 1. The average Bonchev–Trinajstić information content (AvgIpc) is 2.51. The molecule has 0 heterocycles. The lowest BCUT2D eigenvalue weighted by Gasteiger charge is -2.15. The number of nitrogens with one attached hydrogen (secondary N) is 2. The highest BCUT2D eigenvalue weighted by atomic mass is 32.1. The molecule has 0 saturated heterocycles. The fourth-order valence-electron chi connectivity index (χ4n) is 2.35. The number of benzene rings is 2. The van der Waals surface area contributed by atoms with Crippen LogP contribution in [-0.2, 0) is 0 Å². The quantitative estimate of drug-likeness (QED) is 0.438. The molecular weight excluding hydrogens is 326 g/mol. The first-order valence-electron chi connectivity index (χ1n) is 7.40. The number of aryl methyl sites for hydroxylation is 2. The number of nitrogens with zero attached hydrogens (tertiary/aromatic N) is 1. The summed E-state index contributed by atoms with van der Waals surface area (Å²) in [6, 6.07) is 11.8. The third kappa shape index (κ3) is 5.00. The van der Waals surface area contributed by atoms with Crippen LogP contribution in [0.25, 0.3) is 0 Å². The third-order valence-electron chi connectivity index (χ3n) is 3.42. The summed E-state index contributed by atoms with van der Waals surface area (Å²) >= 11 is 5.22. The van der Waals surface area contributed by atoms with Gasteiger partial charge in [0.2, 0.25) is 0 Å². The fraction of sp³-hybridized carbons (Fsp3) is 0.235. The van der Waals surface area contributed by atoms with Gasteiger partial charge in [0.15, 0.2) is 5.11 Å². The standard InChI is InChI=1S/C17H19N3O3S/c1-11-7-12(2)9-14(8-11)19-17(24)18-10-16(21)13-3-5-15(6-4-13)20(22)23/h3-9,16,21H,10H2,1-2H3,(H2,18,19,24)/t16-/m0/s1. The van der Waals surface area contributed by atoms with Gasteiger partial charge < -0.3 is 15.7 Å². The summed E-state index contributed by atoms with van der Waals surface area (Å²) in [6.45, 7) is 4.22. The van der Waals surface area contributed by atoms with Gasteiger partial charge in [0, 0.05) is 24.4 Å². The second-order valence-electron chi connectivity index (χ2n) is 5.58. The van der Waals surface area contributed by atoms with E-state index < -0.39 is 11.0 Å². The Balaban J connectivity index is 1.89. The zero-order valence-corrected chi connectivity index (χ0v) is 14.3. The average molecular weight is 345 g/mol. The molecule has 0 spiro atoms. The predicted octanol–water partition coefficient (Wildman–Crippen LogP) is 3.23. The van der Waals surface area contributed by atoms with Gasteiger partial charge in [0.25, 0.3) is 5.69 Å². The fourth-order valence-corrected chi connectivity index (χ4v) is 2.55. The molecule has 24 heavy (non-hydrogen) atoms. The molecule has 3 N–H and O–H groups in total. The van der Waals surface area contributed by atoms with Crippen molar-refractivity contribution in [1.82, 2.24) is 5.32 Å². The van der Waals surface area contributed by atoms with Crippen LogP contribution in [0.1, 0.15) is 22.8 Å². The summed E-state index contributed by atoms with van der Waals surface area (Å²) in [7, 11) is 0. The van der Waals surface area contributed by atoms with Crippen LogP contribution in [0.5, 0.6) is 0 Å². The number of anilines is 1. The van der Waals surface area contributed by atoms with E-state index >= 15 is 0 Å². The molecule has 0 aliphatic heterocycles. The van der Waals surface area contributed by atoms with Crippen molar-refractivity contribution in [2.24, 2.45) is 0 Å². The minimum absolute atomic E-state index is 0.00841. The van der Waals surface area contributed by atoms with E-state index in [1.807, 2.05) is 26.0 Å². The van der Waals surface area contributed by atoms with Gasteiger partial charge in [-0.15, -0.1) is 0 Å². The van der Waals surface area contributed by atoms with Gasteiger partial charge >= 0.3 is 0 Å². The van der Waals surface area contributed by atoms with Crippen molar-refractivity contribution in [3.8, 4) is 0 Å². The van der Waals surface area contributed by atoms with Gasteiger partial charge in [0.1, 0.15) is 0 Å². The number of aliphatic hydroxyl groups excluding tert-OH is 1. The summed E-state index contributed by atoms with van der Waals surface area (Å²) in [4.78, 5) is 10.1. The Morgan fingerprint density at radius 1 is 1.21 bits per heavy atom. The van der Waals surface area contributed by atoms with Crippen molar-refractivity contribution in [2.45, 2.75) is 20.0 Å². The van der Waals surface area contributed by atoms with E-state index in [1.54, 1.807) is 0 Å². The van der Waals surface area contributed by atoms with Crippen molar-refractivity contribution in [3.63, 3.8) is 0 Å². The molecule has 0 aliphatic carbocycles. The van der Waals surface area contributed by atoms with Crippen molar-refractivity contribution in [3.05, 3.63) is 69.3 Å². The van der Waals surface area contributed by atoms with Crippen molar-refractivity contribution < 1.29 is 10.0 Å². The maximum Gasteiger partial charge on any atom is 0.269 e. The van der Waals surface area contributed by atoms with E-state index in [2.05, 4.69) is 16.7 Å². The van der Waals surface area contributed by atoms with Gasteiger partial charge in [-0.25, -0.2) is 0 Å². The lowest BCUT2D eigenvalue weighted by Crippen LogP contribution is -2.32. The highest BCUT2D eigenvalue weighted by Crippen LogP contribution is 2.17. The second kappa shape index (κ2) is 7.85. The molecule has 2 rings (SSSR count). The number of aliphatic hydroxyl groups is 1. The molecule has 0 saturated carbocycles. The smallest absolute Gasteiger partial charge is 0.269 e. The lowest BCUT2D eigenvalue weighted by atomic mass is 10.1. The van der Waals surface area contributed by atoms with Gasteiger partial charge in [-0.2, -0.15) is 0 Å². The van der Waals surface area contributed by atoms with Crippen LogP contribution in [0.3, 0.4) is 0 Å². The highest BCUT2D eigenvalue weighted by Gasteiger charge is 2.11. The summed E-state index contributed by atoms with van der Waals surface area (Å²) in [5, 5.41) is 27.2. The van der Waals surface area contributed by atoms with Crippen LogP contribution >= 0.6 is 12.2 Å². The van der Waals surface area contributed by atoms with E-state index in [0.29, 0.717) is 10.7 Å². The van der Waals surface area contributed by atoms with E-state index in [1.165, 1.54) is 24.3 Å². The van der Waals surface area contributed by atoms with Gasteiger partial charge in [0.05, 0.1) is 11.0 Å². The summed E-state index contributed by atoms with van der Waals surface area (Å²) in [5.74, 6) is 0. The molecule has 0 fully saturated rings. The first kappa shape index (κ1) is 17.8. The molecule has 1 atom stereocenters. The Bertz CT molecular complexity index is 727. The Morgan fingerprint density at radius 3 is 2.33 bits per heavy atom. The van der Waals surface area contributed by atoms with Crippen molar-refractivity contribution >= 4 is 28.7 Å². The number of hydrogen-bond acceptors (Lipinski definition) is 4. The molecule has 2 aromatic rings. The van der Waals surface area contributed by atoms with E-state index in [-0.39, 0.29) is 12.2 Å². The lowest BCUT2D eigenvalue weighted by molar-refractivity contribution is -0.384. The highest BCUT2D eigenvalue weighted by molar-refractivity contribution is 7.80. The first-order chi connectivity index (χ1) is 11.3. The largest absolute Gasteiger partial charge is 0.387 e. The van der Waals surface area contributed by atoms with Crippen LogP contribution < -0.4 is 10.6 Å². The molecule has 0 aromatic heterocycles. The number of hydrogen-bond donors (Lipinski definition) is 3. The third-order valence-corrected chi connectivity index (χ3v) is 3.67. The number of rotatable bonds is 5. The zero-order valence-electron chi connectivity index (χ0n) is 13.4. The van der Waals surface area contributed by atoms with Crippen LogP contribution in [0.2, 0.25) is 0 Å². The molecule has 126 valence electrons. The molecule has 0 radical (unpaired) electrons. The van der Waals surface area contributed by atoms with E-state index in [0.717, 1.165) is 16.8 Å². The number of thiocarbonyl (C=S) groups is 1. The molecular formula is C17H19N3O3S. The monoisotopic (exact) mass is 345 g/mol. The Morgan fingerprint density at radius 2 is 1.79 bits per heavy atom. The van der Waals surface area contributed by atoms with Crippen molar-refractivity contribution in [1.29, 1.82) is 0 Å². The van der Waals surface area contributed by atoms with Crippen molar-refractivity contribution in [2.75, 3.05) is 11.9 Å². The van der Waals surface area contributed by atoms with Crippen LogP contribution in [0, 0.1) is 24.0 Å². The van der Waals surface area contributed by atoms with Gasteiger partial charge in [-0.05, 0) is 67.0 Å². The summed E-state index contributed by atoms with van der Waals surface area (Å²) < 4.78 is 0. The Labute approximate surface area is 145 Å². The SMILES string of the molecule is Cc1cc(C)cc(NC(=S)NC[C@H](O)c2ccc([N+](=O)[O-])cc2)c1. The van der Waals surface area contributed by atoms with Crippen LogP contribution in [0.4, 0.5) is 11.4 Å². The van der Waals surface area contributed by atoms with Crippen LogP contribution in [-0.4, -0.2) is 21.7 Å². The minimum atomic E-state index is -0.815. The van der Waals surface area contributed by atoms with E-state index in [4.69, 9.17) is 12.2 Å². The molecule has 0 bridgehead atoms. The second-order valence-corrected chi connectivity index (χ2v) is 5.98.